The van der Waals surface area contributed by atoms with Crippen LogP contribution in [0.4, 0.5) is 0 Å². The van der Waals surface area contributed by atoms with E-state index in [2.05, 4.69) is 17.4 Å². The summed E-state index contributed by atoms with van der Waals surface area (Å²) in [7, 11) is 1.43. The number of benzene rings is 2. The largest absolute Gasteiger partial charge is 0.469 e. The summed E-state index contributed by atoms with van der Waals surface area (Å²) >= 11 is 1.57. The van der Waals surface area contributed by atoms with Gasteiger partial charge in [0.25, 0.3) is 5.91 Å². The molecule has 0 unspecified atom stereocenters. The van der Waals surface area contributed by atoms with Gasteiger partial charge in [-0.25, -0.2) is 0 Å². The monoisotopic (exact) mass is 463 g/mol. The van der Waals surface area contributed by atoms with Crippen molar-refractivity contribution in [3.63, 3.8) is 0 Å². The lowest BCUT2D eigenvalue weighted by atomic mass is 9.86. The van der Waals surface area contributed by atoms with Gasteiger partial charge in [0.15, 0.2) is 5.75 Å². The molecule has 1 heterocycles. The average Bonchev–Trinajstić information content (AvgIpc) is 3.12. The lowest BCUT2D eigenvalue weighted by molar-refractivity contribution is -0.146. The second kappa shape index (κ2) is 10.2. The highest BCUT2D eigenvalue weighted by Gasteiger charge is 2.29. The van der Waals surface area contributed by atoms with Gasteiger partial charge >= 0.3 is 5.97 Å². The van der Waals surface area contributed by atoms with Crippen molar-refractivity contribution >= 4 is 23.2 Å². The Morgan fingerprint density at radius 3 is 2.15 bits per heavy atom. The van der Waals surface area contributed by atoms with Crippen molar-refractivity contribution in [3.05, 3.63) is 69.9 Å². The summed E-state index contributed by atoms with van der Waals surface area (Å²) in [6.07, 6.45) is 3.00. The standard InChI is InChI=1S/C27H29NO4S/c1-17-24(26(29)28-22-13-9-21(10-14-22)27(30)31-3)25(18(2)33-17)32-23-15-11-20(12-16-23)19-7-5-4-6-8-19/h4-8,11-12,15-16,21-22H,9-10,13-14H2,1-3H3,(H,28,29). The second-order valence-corrected chi connectivity index (χ2v) is 9.89. The van der Waals surface area contributed by atoms with Gasteiger partial charge in [-0.2, -0.15) is 0 Å². The van der Waals surface area contributed by atoms with Crippen LogP contribution in [0.1, 0.15) is 45.8 Å². The van der Waals surface area contributed by atoms with Crippen LogP contribution in [0.3, 0.4) is 0 Å². The quantitative estimate of drug-likeness (QED) is 0.437. The maximum absolute atomic E-state index is 13.2. The maximum atomic E-state index is 13.2. The molecule has 0 radical (unpaired) electrons. The zero-order valence-corrected chi connectivity index (χ0v) is 20.0. The second-order valence-electron chi connectivity index (χ2n) is 8.46. The predicted molar refractivity (Wildman–Crippen MR) is 131 cm³/mol. The van der Waals surface area contributed by atoms with Crippen LogP contribution < -0.4 is 10.1 Å². The molecule has 33 heavy (non-hydrogen) atoms. The number of nitrogens with one attached hydrogen (secondary N) is 1. The number of ether oxygens (including phenoxy) is 2. The Kier molecular flexibility index (Phi) is 7.14. The van der Waals surface area contributed by atoms with E-state index in [9.17, 15) is 9.59 Å². The molecule has 2 aromatic carbocycles. The number of carbonyl (C=O) groups excluding carboxylic acids is 2. The van der Waals surface area contributed by atoms with Crippen molar-refractivity contribution in [2.24, 2.45) is 5.92 Å². The van der Waals surface area contributed by atoms with Crippen LogP contribution in [0, 0.1) is 19.8 Å². The minimum atomic E-state index is -0.155. The average molecular weight is 464 g/mol. The minimum absolute atomic E-state index is 0.0519. The van der Waals surface area contributed by atoms with Crippen molar-refractivity contribution < 1.29 is 19.1 Å². The van der Waals surface area contributed by atoms with Crippen molar-refractivity contribution in [1.82, 2.24) is 5.32 Å². The van der Waals surface area contributed by atoms with Crippen LogP contribution in [0.15, 0.2) is 54.6 Å². The number of hydrogen-bond acceptors (Lipinski definition) is 5. The number of amides is 1. The highest BCUT2D eigenvalue weighted by Crippen LogP contribution is 2.38. The third kappa shape index (κ3) is 5.28. The molecule has 5 nitrogen and oxygen atoms in total. The number of thiophene rings is 1. The molecule has 1 saturated carbocycles. The maximum Gasteiger partial charge on any atom is 0.308 e. The van der Waals surface area contributed by atoms with Gasteiger partial charge in [-0.1, -0.05) is 42.5 Å². The molecule has 1 aliphatic carbocycles. The van der Waals surface area contributed by atoms with Crippen LogP contribution in [0.5, 0.6) is 11.5 Å². The Morgan fingerprint density at radius 2 is 1.52 bits per heavy atom. The number of aryl methyl sites for hydroxylation is 2. The topological polar surface area (TPSA) is 64.6 Å². The van der Waals surface area contributed by atoms with Gasteiger partial charge in [0.2, 0.25) is 0 Å². The van der Waals surface area contributed by atoms with Gasteiger partial charge in [0.05, 0.1) is 18.6 Å². The Hall–Kier alpha value is -3.12. The molecule has 1 aromatic heterocycles. The Balaban J connectivity index is 1.45. The Labute approximate surface area is 198 Å². The first-order chi connectivity index (χ1) is 16.0. The van der Waals surface area contributed by atoms with Crippen LogP contribution >= 0.6 is 11.3 Å². The Bertz CT molecular complexity index is 1110. The molecular formula is C27H29NO4S. The van der Waals surface area contributed by atoms with Gasteiger partial charge in [-0.05, 0) is 62.8 Å². The molecule has 0 saturated heterocycles. The summed E-state index contributed by atoms with van der Waals surface area (Å²) in [6, 6.07) is 18.2. The van der Waals surface area contributed by atoms with Crippen LogP contribution in [0.2, 0.25) is 0 Å². The number of carbonyl (C=O) groups is 2. The molecular weight excluding hydrogens is 434 g/mol. The molecule has 1 fully saturated rings. The molecule has 4 rings (SSSR count). The number of rotatable bonds is 6. The van der Waals surface area contributed by atoms with E-state index >= 15 is 0 Å². The van der Waals surface area contributed by atoms with Gasteiger partial charge in [0, 0.05) is 15.8 Å². The summed E-state index contributed by atoms with van der Waals surface area (Å²) < 4.78 is 11.1. The van der Waals surface area contributed by atoms with Crippen molar-refractivity contribution in [1.29, 1.82) is 0 Å². The third-order valence-electron chi connectivity index (χ3n) is 6.21. The predicted octanol–water partition coefficient (Wildman–Crippen LogP) is 6.29. The van der Waals surface area contributed by atoms with E-state index in [1.165, 1.54) is 7.11 Å². The lowest BCUT2D eigenvalue weighted by Gasteiger charge is -2.27. The molecule has 0 spiro atoms. The smallest absolute Gasteiger partial charge is 0.308 e. The fourth-order valence-corrected chi connectivity index (χ4v) is 5.39. The summed E-state index contributed by atoms with van der Waals surface area (Å²) in [6.45, 7) is 3.93. The molecule has 3 aromatic rings. The van der Waals surface area contributed by atoms with Crippen molar-refractivity contribution in [3.8, 4) is 22.6 Å². The molecule has 1 aliphatic rings. The number of methoxy groups -OCH3 is 1. The van der Waals surface area contributed by atoms with E-state index in [-0.39, 0.29) is 23.8 Å². The van der Waals surface area contributed by atoms with E-state index < -0.39 is 0 Å². The molecule has 1 N–H and O–H groups in total. The first kappa shape index (κ1) is 23.1. The lowest BCUT2D eigenvalue weighted by Crippen LogP contribution is -2.39. The fourth-order valence-electron chi connectivity index (χ4n) is 4.41. The SMILES string of the molecule is COC(=O)C1CCC(NC(=O)c2c(C)sc(C)c2Oc2ccc(-c3ccccc3)cc2)CC1. The third-order valence-corrected chi connectivity index (χ3v) is 7.21. The number of esters is 1. The first-order valence-corrected chi connectivity index (χ1v) is 12.1. The molecule has 0 atom stereocenters. The summed E-state index contributed by atoms with van der Waals surface area (Å²) in [5.41, 5.74) is 2.86. The van der Waals surface area contributed by atoms with Gasteiger partial charge < -0.3 is 14.8 Å². The van der Waals surface area contributed by atoms with Crippen molar-refractivity contribution in [2.75, 3.05) is 7.11 Å². The Morgan fingerprint density at radius 1 is 0.879 bits per heavy atom. The van der Waals surface area contributed by atoms with Crippen molar-refractivity contribution in [2.45, 2.75) is 45.6 Å². The summed E-state index contributed by atoms with van der Waals surface area (Å²) in [5, 5.41) is 3.16. The number of hydrogen-bond donors (Lipinski definition) is 1. The highest BCUT2D eigenvalue weighted by atomic mass is 32.1. The molecule has 0 aliphatic heterocycles. The summed E-state index contributed by atoms with van der Waals surface area (Å²) in [5.74, 6) is 0.979. The normalized spacial score (nSPS) is 17.9. The molecule has 0 bridgehead atoms. The zero-order valence-electron chi connectivity index (χ0n) is 19.2. The van der Waals surface area contributed by atoms with E-state index in [4.69, 9.17) is 9.47 Å². The van der Waals surface area contributed by atoms with E-state index in [0.717, 1.165) is 46.6 Å². The molecule has 172 valence electrons. The van der Waals surface area contributed by atoms with Gasteiger partial charge in [-0.15, -0.1) is 11.3 Å². The van der Waals surface area contributed by atoms with Crippen LogP contribution in [-0.4, -0.2) is 25.0 Å². The van der Waals surface area contributed by atoms with Gasteiger partial charge in [0.1, 0.15) is 5.75 Å². The molecule has 6 heteroatoms. The van der Waals surface area contributed by atoms with E-state index in [0.29, 0.717) is 17.1 Å². The van der Waals surface area contributed by atoms with E-state index in [1.807, 2.05) is 56.3 Å². The van der Waals surface area contributed by atoms with Gasteiger partial charge in [-0.3, -0.25) is 9.59 Å². The first-order valence-electron chi connectivity index (χ1n) is 11.3. The summed E-state index contributed by atoms with van der Waals surface area (Å²) in [4.78, 5) is 26.9. The fraction of sp³-hybridized carbons (Fsp3) is 0.333. The van der Waals surface area contributed by atoms with Crippen LogP contribution in [-0.2, 0) is 9.53 Å². The highest BCUT2D eigenvalue weighted by molar-refractivity contribution is 7.12. The van der Waals surface area contributed by atoms with E-state index in [1.54, 1.807) is 11.3 Å². The minimum Gasteiger partial charge on any atom is -0.469 e. The molecule has 1 amide bonds. The van der Waals surface area contributed by atoms with Crippen LogP contribution in [0.25, 0.3) is 11.1 Å². The zero-order chi connectivity index (χ0) is 23.4.